The summed E-state index contributed by atoms with van der Waals surface area (Å²) in [5.41, 5.74) is 1.10. The molecule has 0 radical (unpaired) electrons. The highest BCUT2D eigenvalue weighted by Gasteiger charge is 2.27. The first-order chi connectivity index (χ1) is 11.2. The lowest BCUT2D eigenvalue weighted by Gasteiger charge is -2.23. The van der Waals surface area contributed by atoms with E-state index in [0.717, 1.165) is 23.5 Å². The summed E-state index contributed by atoms with van der Waals surface area (Å²) in [6.45, 7) is 7.62. The van der Waals surface area contributed by atoms with Gasteiger partial charge in [0.15, 0.2) is 5.82 Å². The van der Waals surface area contributed by atoms with Gasteiger partial charge in [0.05, 0.1) is 12.5 Å². The minimum Gasteiger partial charge on any atom is -0.494 e. The number of ether oxygens (including phenoxy) is 3. The normalized spacial score (nSPS) is 18.1. The molecule has 1 aromatic heterocycles. The van der Waals surface area contributed by atoms with E-state index in [4.69, 9.17) is 18.7 Å². The Labute approximate surface area is 135 Å². The predicted molar refractivity (Wildman–Crippen MR) is 83.9 cm³/mol. The van der Waals surface area contributed by atoms with Crippen LogP contribution in [0, 0.1) is 0 Å². The Balaban J connectivity index is 1.75. The maximum Gasteiger partial charge on any atom is 0.233 e. The van der Waals surface area contributed by atoms with Gasteiger partial charge in [-0.05, 0) is 51.0 Å². The minimum absolute atomic E-state index is 0.0504. The highest BCUT2D eigenvalue weighted by Crippen LogP contribution is 2.34. The zero-order chi connectivity index (χ0) is 16.2. The van der Waals surface area contributed by atoms with Crippen molar-refractivity contribution in [3.8, 4) is 11.5 Å². The summed E-state index contributed by atoms with van der Waals surface area (Å²) in [6.07, 6.45) is 0.625. The molecule has 1 aliphatic rings. The molecule has 0 saturated heterocycles. The molecule has 0 fully saturated rings. The fraction of sp³-hybridized carbons (Fsp3) is 0.529. The van der Waals surface area contributed by atoms with Crippen LogP contribution in [0.1, 0.15) is 50.1 Å². The Bertz CT molecular complexity index is 656. The molecule has 124 valence electrons. The van der Waals surface area contributed by atoms with Gasteiger partial charge in [-0.1, -0.05) is 5.16 Å². The molecule has 1 aromatic carbocycles. The monoisotopic (exact) mass is 318 g/mol. The topological polar surface area (TPSA) is 66.6 Å². The lowest BCUT2D eigenvalue weighted by Crippen LogP contribution is -2.19. The van der Waals surface area contributed by atoms with E-state index in [1.807, 2.05) is 39.0 Å². The van der Waals surface area contributed by atoms with Crippen molar-refractivity contribution < 1.29 is 18.7 Å². The fourth-order valence-corrected chi connectivity index (χ4v) is 2.69. The van der Waals surface area contributed by atoms with Gasteiger partial charge >= 0.3 is 0 Å². The van der Waals surface area contributed by atoms with Crippen LogP contribution in [0.4, 0.5) is 0 Å². The molecule has 2 heterocycles. The van der Waals surface area contributed by atoms with Crippen LogP contribution in [0.2, 0.25) is 0 Å². The molecule has 2 atom stereocenters. The Morgan fingerprint density at radius 2 is 2.17 bits per heavy atom. The lowest BCUT2D eigenvalue weighted by atomic mass is 9.96. The van der Waals surface area contributed by atoms with Gasteiger partial charge in [-0.15, -0.1) is 0 Å². The van der Waals surface area contributed by atoms with Gasteiger partial charge < -0.3 is 18.7 Å². The molecule has 3 rings (SSSR count). The van der Waals surface area contributed by atoms with Gasteiger partial charge in [0.1, 0.15) is 24.2 Å². The molecule has 0 amide bonds. The maximum atomic E-state index is 5.83. The first kappa shape index (κ1) is 15.8. The summed E-state index contributed by atoms with van der Waals surface area (Å²) in [7, 11) is 0. The van der Waals surface area contributed by atoms with Gasteiger partial charge in [-0.2, -0.15) is 4.98 Å². The Morgan fingerprint density at radius 1 is 1.30 bits per heavy atom. The quantitative estimate of drug-likeness (QED) is 0.814. The van der Waals surface area contributed by atoms with Crippen molar-refractivity contribution in [3.05, 3.63) is 35.5 Å². The van der Waals surface area contributed by atoms with Gasteiger partial charge in [-0.25, -0.2) is 0 Å². The van der Waals surface area contributed by atoms with Crippen LogP contribution >= 0.6 is 0 Å². The molecule has 2 aromatic rings. The van der Waals surface area contributed by atoms with Crippen LogP contribution in [-0.2, 0) is 11.2 Å². The Kier molecular flexibility index (Phi) is 4.81. The largest absolute Gasteiger partial charge is 0.494 e. The SMILES string of the molecule is CCOc1ccc2c(c1)C[C@H](c1nc([C@@H](C)OCC)no1)CO2. The molecule has 0 N–H and O–H groups in total. The molecule has 0 saturated carbocycles. The highest BCUT2D eigenvalue weighted by atomic mass is 16.5. The van der Waals surface area contributed by atoms with Crippen LogP contribution < -0.4 is 9.47 Å². The van der Waals surface area contributed by atoms with E-state index >= 15 is 0 Å². The van der Waals surface area contributed by atoms with E-state index in [2.05, 4.69) is 10.1 Å². The molecule has 6 nitrogen and oxygen atoms in total. The average Bonchev–Trinajstić information content (AvgIpc) is 3.05. The number of benzene rings is 1. The molecule has 0 unspecified atom stereocenters. The maximum absolute atomic E-state index is 5.83. The van der Waals surface area contributed by atoms with E-state index in [-0.39, 0.29) is 12.0 Å². The van der Waals surface area contributed by atoms with Crippen LogP contribution in [0.15, 0.2) is 22.7 Å². The highest BCUT2D eigenvalue weighted by molar-refractivity contribution is 5.42. The van der Waals surface area contributed by atoms with Crippen molar-refractivity contribution in [2.45, 2.75) is 39.2 Å². The molecule has 1 aliphatic heterocycles. The van der Waals surface area contributed by atoms with Gasteiger partial charge in [0, 0.05) is 6.61 Å². The summed E-state index contributed by atoms with van der Waals surface area (Å²) < 4.78 is 22.3. The molecule has 0 bridgehead atoms. The number of fused-ring (bicyclic) bond motifs is 1. The van der Waals surface area contributed by atoms with Gasteiger partial charge in [0.25, 0.3) is 0 Å². The minimum atomic E-state index is -0.168. The van der Waals surface area contributed by atoms with Crippen molar-refractivity contribution in [3.63, 3.8) is 0 Å². The third-order valence-electron chi connectivity index (χ3n) is 3.84. The van der Waals surface area contributed by atoms with Crippen LogP contribution in [0.5, 0.6) is 11.5 Å². The Hall–Kier alpha value is -2.08. The molecule has 23 heavy (non-hydrogen) atoms. The smallest absolute Gasteiger partial charge is 0.233 e. The van der Waals surface area contributed by atoms with Crippen molar-refractivity contribution in [1.29, 1.82) is 0 Å². The van der Waals surface area contributed by atoms with Crippen molar-refractivity contribution in [2.75, 3.05) is 19.8 Å². The predicted octanol–water partition coefficient (Wildman–Crippen LogP) is 3.28. The van der Waals surface area contributed by atoms with Crippen molar-refractivity contribution in [1.82, 2.24) is 10.1 Å². The van der Waals surface area contributed by atoms with Crippen LogP contribution in [-0.4, -0.2) is 30.0 Å². The number of hydrogen-bond donors (Lipinski definition) is 0. The number of aromatic nitrogens is 2. The number of hydrogen-bond acceptors (Lipinski definition) is 6. The van der Waals surface area contributed by atoms with E-state index in [0.29, 0.717) is 31.5 Å². The van der Waals surface area contributed by atoms with Crippen LogP contribution in [0.3, 0.4) is 0 Å². The summed E-state index contributed by atoms with van der Waals surface area (Å²) in [5.74, 6) is 2.97. The average molecular weight is 318 g/mol. The second kappa shape index (κ2) is 7.00. The van der Waals surface area contributed by atoms with Crippen LogP contribution in [0.25, 0.3) is 0 Å². The summed E-state index contributed by atoms with van der Waals surface area (Å²) in [5, 5.41) is 4.02. The summed E-state index contributed by atoms with van der Waals surface area (Å²) in [4.78, 5) is 4.47. The third kappa shape index (κ3) is 3.47. The second-order valence-corrected chi connectivity index (χ2v) is 5.50. The molecule has 0 aliphatic carbocycles. The number of rotatable bonds is 6. The standard InChI is InChI=1S/C17H22N2O4/c1-4-20-11(3)16-18-17(23-19-16)13-8-12-9-14(21-5-2)6-7-15(12)22-10-13/h6-7,9,11,13H,4-5,8,10H2,1-3H3/t11-,13+/m1/s1. The Morgan fingerprint density at radius 3 is 2.96 bits per heavy atom. The van der Waals surface area contributed by atoms with Gasteiger partial charge in [-0.3, -0.25) is 0 Å². The summed E-state index contributed by atoms with van der Waals surface area (Å²) in [6, 6.07) is 5.90. The number of nitrogens with zero attached hydrogens (tertiary/aromatic N) is 2. The van der Waals surface area contributed by atoms with E-state index in [9.17, 15) is 0 Å². The molecule has 0 spiro atoms. The first-order valence-electron chi connectivity index (χ1n) is 8.04. The molecular formula is C17H22N2O4. The molecule has 6 heteroatoms. The van der Waals surface area contributed by atoms with E-state index in [1.165, 1.54) is 0 Å². The summed E-state index contributed by atoms with van der Waals surface area (Å²) >= 11 is 0. The van der Waals surface area contributed by atoms with E-state index in [1.54, 1.807) is 0 Å². The zero-order valence-corrected chi connectivity index (χ0v) is 13.7. The first-order valence-corrected chi connectivity index (χ1v) is 8.04. The fourth-order valence-electron chi connectivity index (χ4n) is 2.69. The lowest BCUT2D eigenvalue weighted by molar-refractivity contribution is 0.0683. The van der Waals surface area contributed by atoms with Crippen molar-refractivity contribution >= 4 is 0 Å². The third-order valence-corrected chi connectivity index (χ3v) is 3.84. The second-order valence-electron chi connectivity index (χ2n) is 5.50. The van der Waals surface area contributed by atoms with Gasteiger partial charge in [0.2, 0.25) is 5.89 Å². The van der Waals surface area contributed by atoms with Crippen molar-refractivity contribution in [2.24, 2.45) is 0 Å². The zero-order valence-electron chi connectivity index (χ0n) is 13.7. The molecular weight excluding hydrogens is 296 g/mol. The van der Waals surface area contributed by atoms with E-state index < -0.39 is 0 Å².